The van der Waals surface area contributed by atoms with Crippen LogP contribution in [0, 0.1) is 5.82 Å². The Balaban J connectivity index is 0.00000144. The molecule has 1 amide bonds. The van der Waals surface area contributed by atoms with Crippen molar-refractivity contribution in [3.05, 3.63) is 24.1 Å². The van der Waals surface area contributed by atoms with E-state index in [4.69, 9.17) is 4.74 Å². The number of carbonyl (C=O) groups is 1. The van der Waals surface area contributed by atoms with Gasteiger partial charge in [0.25, 0.3) is 0 Å². The van der Waals surface area contributed by atoms with Crippen molar-refractivity contribution in [1.82, 2.24) is 10.3 Å². The maximum absolute atomic E-state index is 12.6. The van der Waals surface area contributed by atoms with Gasteiger partial charge in [-0.25, -0.2) is 9.37 Å². The fourth-order valence-electron chi connectivity index (χ4n) is 1.40. The molecule has 0 saturated carbocycles. The summed E-state index contributed by atoms with van der Waals surface area (Å²) in [6.07, 6.45) is 1.06. The van der Waals surface area contributed by atoms with Crippen molar-refractivity contribution in [2.45, 2.75) is 6.04 Å². The van der Waals surface area contributed by atoms with Gasteiger partial charge < -0.3 is 15.4 Å². The second-order valence-electron chi connectivity index (χ2n) is 3.43. The molecule has 1 aliphatic rings. The second kappa shape index (κ2) is 8.20. The Morgan fingerprint density at radius 1 is 1.50 bits per heavy atom. The molecular formula is C10H14Cl2FN3O2. The van der Waals surface area contributed by atoms with Crippen molar-refractivity contribution in [2.24, 2.45) is 0 Å². The zero-order valence-electron chi connectivity index (χ0n) is 9.39. The highest BCUT2D eigenvalue weighted by molar-refractivity contribution is 5.94. The van der Waals surface area contributed by atoms with Gasteiger partial charge in [0, 0.05) is 6.54 Å². The van der Waals surface area contributed by atoms with Gasteiger partial charge in [-0.15, -0.1) is 24.8 Å². The maximum Gasteiger partial charge on any atom is 0.245 e. The monoisotopic (exact) mass is 297 g/mol. The van der Waals surface area contributed by atoms with E-state index in [9.17, 15) is 9.18 Å². The molecule has 1 aromatic heterocycles. The molecule has 1 atom stereocenters. The number of nitrogens with zero attached hydrogens (tertiary/aromatic N) is 1. The molecule has 1 unspecified atom stereocenters. The van der Waals surface area contributed by atoms with E-state index in [1.807, 2.05) is 0 Å². The van der Waals surface area contributed by atoms with Gasteiger partial charge in [-0.05, 0) is 12.1 Å². The molecule has 18 heavy (non-hydrogen) atoms. The molecule has 0 aromatic carbocycles. The molecule has 5 nitrogen and oxygen atoms in total. The number of hydrogen-bond acceptors (Lipinski definition) is 4. The predicted molar refractivity (Wildman–Crippen MR) is 69.9 cm³/mol. The van der Waals surface area contributed by atoms with Crippen molar-refractivity contribution >= 4 is 36.5 Å². The highest BCUT2D eigenvalue weighted by Crippen LogP contribution is 2.04. The number of morpholine rings is 1. The lowest BCUT2D eigenvalue weighted by Crippen LogP contribution is -2.48. The summed E-state index contributed by atoms with van der Waals surface area (Å²) in [4.78, 5) is 15.4. The van der Waals surface area contributed by atoms with Crippen LogP contribution >= 0.6 is 24.8 Å². The van der Waals surface area contributed by atoms with E-state index in [0.29, 0.717) is 25.6 Å². The van der Waals surface area contributed by atoms with Crippen LogP contribution in [0.5, 0.6) is 0 Å². The Hall–Kier alpha value is -0.950. The zero-order valence-corrected chi connectivity index (χ0v) is 11.0. The van der Waals surface area contributed by atoms with E-state index in [2.05, 4.69) is 15.6 Å². The van der Waals surface area contributed by atoms with E-state index in [1.54, 1.807) is 0 Å². The van der Waals surface area contributed by atoms with E-state index in [0.717, 1.165) is 6.20 Å². The quantitative estimate of drug-likeness (QED) is 0.855. The molecule has 2 N–H and O–H groups in total. The van der Waals surface area contributed by atoms with E-state index < -0.39 is 5.82 Å². The number of halogens is 3. The van der Waals surface area contributed by atoms with E-state index in [1.165, 1.54) is 12.1 Å². The smallest absolute Gasteiger partial charge is 0.245 e. The van der Waals surface area contributed by atoms with Crippen molar-refractivity contribution in [3.63, 3.8) is 0 Å². The predicted octanol–water partition coefficient (Wildman–Crippen LogP) is 0.991. The van der Waals surface area contributed by atoms with Gasteiger partial charge in [0.05, 0.1) is 19.4 Å². The van der Waals surface area contributed by atoms with Crippen LogP contribution in [0.3, 0.4) is 0 Å². The Kier molecular flexibility index (Phi) is 7.77. The summed E-state index contributed by atoms with van der Waals surface area (Å²) in [5, 5.41) is 5.59. The second-order valence-corrected chi connectivity index (χ2v) is 3.43. The summed E-state index contributed by atoms with van der Waals surface area (Å²) >= 11 is 0. The SMILES string of the molecule is Cl.Cl.O=C(Nc1ccc(F)cn1)C1COCCN1. The number of pyridine rings is 1. The number of ether oxygens (including phenoxy) is 1. The minimum atomic E-state index is -0.433. The van der Waals surface area contributed by atoms with Crippen LogP contribution in [0.4, 0.5) is 10.2 Å². The van der Waals surface area contributed by atoms with Crippen LogP contribution in [0.25, 0.3) is 0 Å². The zero-order chi connectivity index (χ0) is 11.4. The number of rotatable bonds is 2. The first kappa shape index (κ1) is 17.1. The Morgan fingerprint density at radius 3 is 2.83 bits per heavy atom. The molecule has 0 bridgehead atoms. The fourth-order valence-corrected chi connectivity index (χ4v) is 1.40. The number of amides is 1. The summed E-state index contributed by atoms with van der Waals surface area (Å²) in [6, 6.07) is 2.28. The van der Waals surface area contributed by atoms with Gasteiger partial charge in [0.2, 0.25) is 5.91 Å². The Labute approximate surface area is 116 Å². The van der Waals surface area contributed by atoms with Crippen LogP contribution in [-0.2, 0) is 9.53 Å². The minimum absolute atomic E-state index is 0. The van der Waals surface area contributed by atoms with Crippen LogP contribution in [0.1, 0.15) is 0 Å². The van der Waals surface area contributed by atoms with Gasteiger partial charge in [0.1, 0.15) is 17.7 Å². The number of nitrogens with one attached hydrogen (secondary N) is 2. The molecule has 0 aliphatic carbocycles. The molecule has 1 aromatic rings. The fraction of sp³-hybridized carbons (Fsp3) is 0.400. The molecule has 2 heterocycles. The van der Waals surface area contributed by atoms with Crippen molar-refractivity contribution in [1.29, 1.82) is 0 Å². The number of anilines is 1. The van der Waals surface area contributed by atoms with Crippen LogP contribution in [0.15, 0.2) is 18.3 Å². The van der Waals surface area contributed by atoms with E-state index in [-0.39, 0.29) is 36.8 Å². The van der Waals surface area contributed by atoms with Crippen LogP contribution < -0.4 is 10.6 Å². The first-order chi connectivity index (χ1) is 7.75. The van der Waals surface area contributed by atoms with Crippen molar-refractivity contribution in [3.8, 4) is 0 Å². The lowest BCUT2D eigenvalue weighted by Gasteiger charge is -2.22. The highest BCUT2D eigenvalue weighted by atomic mass is 35.5. The van der Waals surface area contributed by atoms with Crippen LogP contribution in [-0.4, -0.2) is 36.7 Å². The highest BCUT2D eigenvalue weighted by Gasteiger charge is 2.21. The average Bonchev–Trinajstić information content (AvgIpc) is 2.33. The molecule has 1 saturated heterocycles. The van der Waals surface area contributed by atoms with Gasteiger partial charge in [-0.1, -0.05) is 0 Å². The minimum Gasteiger partial charge on any atom is -0.378 e. The Morgan fingerprint density at radius 2 is 2.28 bits per heavy atom. The molecular weight excluding hydrogens is 284 g/mol. The van der Waals surface area contributed by atoms with Crippen LogP contribution in [0.2, 0.25) is 0 Å². The number of carbonyl (C=O) groups excluding carboxylic acids is 1. The first-order valence-electron chi connectivity index (χ1n) is 4.99. The lowest BCUT2D eigenvalue weighted by atomic mass is 10.2. The summed E-state index contributed by atoms with van der Waals surface area (Å²) in [5.41, 5.74) is 0. The summed E-state index contributed by atoms with van der Waals surface area (Å²) < 4.78 is 17.7. The standard InChI is InChI=1S/C10H12FN3O2.2ClH/c11-7-1-2-9(13-5-7)14-10(15)8-6-16-4-3-12-8;;/h1-2,5,8,12H,3-4,6H2,(H,13,14,15);2*1H. The van der Waals surface area contributed by atoms with Gasteiger partial charge in [-0.3, -0.25) is 4.79 Å². The molecule has 102 valence electrons. The van der Waals surface area contributed by atoms with Gasteiger partial charge in [0.15, 0.2) is 0 Å². The maximum atomic E-state index is 12.6. The number of hydrogen-bond donors (Lipinski definition) is 2. The topological polar surface area (TPSA) is 63.2 Å². The molecule has 2 rings (SSSR count). The number of aromatic nitrogens is 1. The van der Waals surface area contributed by atoms with Gasteiger partial charge in [-0.2, -0.15) is 0 Å². The van der Waals surface area contributed by atoms with Gasteiger partial charge >= 0.3 is 0 Å². The molecule has 1 fully saturated rings. The summed E-state index contributed by atoms with van der Waals surface area (Å²) in [6.45, 7) is 1.60. The summed E-state index contributed by atoms with van der Waals surface area (Å²) in [5.74, 6) is -0.324. The third-order valence-electron chi connectivity index (χ3n) is 2.22. The third-order valence-corrected chi connectivity index (χ3v) is 2.22. The van der Waals surface area contributed by atoms with E-state index >= 15 is 0 Å². The molecule has 1 aliphatic heterocycles. The third kappa shape index (κ3) is 4.73. The average molecular weight is 298 g/mol. The Bertz CT molecular complexity index is 372. The largest absolute Gasteiger partial charge is 0.378 e. The molecule has 0 spiro atoms. The first-order valence-corrected chi connectivity index (χ1v) is 4.99. The molecule has 0 radical (unpaired) electrons. The summed E-state index contributed by atoms with van der Waals surface area (Å²) in [7, 11) is 0. The normalized spacial score (nSPS) is 18.2. The van der Waals surface area contributed by atoms with Crippen molar-refractivity contribution < 1.29 is 13.9 Å². The lowest BCUT2D eigenvalue weighted by molar-refractivity contribution is -0.120. The molecule has 8 heteroatoms. The van der Waals surface area contributed by atoms with Crippen molar-refractivity contribution in [2.75, 3.05) is 25.1 Å².